The van der Waals surface area contributed by atoms with Gasteiger partial charge in [0.15, 0.2) is 5.54 Å². The van der Waals surface area contributed by atoms with Crippen molar-refractivity contribution in [1.82, 2.24) is 10.2 Å². The van der Waals surface area contributed by atoms with Gasteiger partial charge in [0, 0.05) is 5.39 Å². The molecule has 2 aromatic heterocycles. The SMILES string of the molecule is C[C@]1(c2cc3ccccc3o2)NC(=O)N(Cc2csc(Br)c2)C1=O. The first-order valence-corrected chi connectivity index (χ1v) is 9.01. The maximum atomic E-state index is 12.9. The zero-order valence-corrected chi connectivity index (χ0v) is 15.1. The Hall–Kier alpha value is -2.12. The number of hydrogen-bond acceptors (Lipinski definition) is 4. The maximum Gasteiger partial charge on any atom is 0.325 e. The third-order valence-corrected chi connectivity index (χ3v) is 5.71. The standard InChI is InChI=1S/C17H13BrN2O3S/c1-17(13-7-11-4-2-3-5-12(11)23-13)15(21)20(16(22)19-17)8-10-6-14(18)24-9-10/h2-7,9H,8H2,1H3,(H,19,22)/t17-/m1/s1. The second-order valence-electron chi connectivity index (χ2n) is 5.85. The molecule has 3 amide bonds. The summed E-state index contributed by atoms with van der Waals surface area (Å²) in [6.07, 6.45) is 0. The van der Waals surface area contributed by atoms with E-state index in [9.17, 15) is 9.59 Å². The lowest BCUT2D eigenvalue weighted by molar-refractivity contribution is -0.132. The lowest BCUT2D eigenvalue weighted by Gasteiger charge is -2.18. The number of para-hydroxylation sites is 1. The molecule has 1 saturated heterocycles. The molecule has 4 rings (SSSR count). The average Bonchev–Trinajstić information content (AvgIpc) is 3.22. The van der Waals surface area contributed by atoms with Crippen LogP contribution in [0.5, 0.6) is 0 Å². The fourth-order valence-electron chi connectivity index (χ4n) is 2.85. The van der Waals surface area contributed by atoms with E-state index < -0.39 is 11.6 Å². The van der Waals surface area contributed by atoms with Crippen LogP contribution in [0.3, 0.4) is 0 Å². The summed E-state index contributed by atoms with van der Waals surface area (Å²) >= 11 is 4.91. The number of rotatable bonds is 3. The molecule has 7 heteroatoms. The third-order valence-electron chi connectivity index (χ3n) is 4.16. The van der Waals surface area contributed by atoms with Crippen LogP contribution in [0.25, 0.3) is 11.0 Å². The van der Waals surface area contributed by atoms with Gasteiger partial charge in [-0.3, -0.25) is 9.69 Å². The molecule has 3 heterocycles. The van der Waals surface area contributed by atoms with E-state index in [2.05, 4.69) is 21.2 Å². The molecule has 0 spiro atoms. The number of amides is 3. The van der Waals surface area contributed by atoms with Crippen LogP contribution in [-0.4, -0.2) is 16.8 Å². The molecule has 0 aliphatic carbocycles. The number of fused-ring (bicyclic) bond motifs is 1. The van der Waals surface area contributed by atoms with Crippen LogP contribution in [0.4, 0.5) is 4.79 Å². The van der Waals surface area contributed by atoms with E-state index in [0.29, 0.717) is 11.3 Å². The number of imide groups is 1. The van der Waals surface area contributed by atoms with Crippen molar-refractivity contribution in [3.8, 4) is 0 Å². The lowest BCUT2D eigenvalue weighted by atomic mass is 9.99. The Labute approximate surface area is 150 Å². The van der Waals surface area contributed by atoms with Gasteiger partial charge in [-0.15, -0.1) is 11.3 Å². The van der Waals surface area contributed by atoms with Crippen LogP contribution in [0.1, 0.15) is 18.2 Å². The molecule has 122 valence electrons. The van der Waals surface area contributed by atoms with Crippen LogP contribution in [0.15, 0.2) is 50.0 Å². The van der Waals surface area contributed by atoms with Gasteiger partial charge in [-0.25, -0.2) is 4.79 Å². The van der Waals surface area contributed by atoms with Crippen LogP contribution >= 0.6 is 27.3 Å². The number of furan rings is 1. The number of carbonyl (C=O) groups is 2. The molecule has 1 aliphatic rings. The van der Waals surface area contributed by atoms with Gasteiger partial charge in [0.2, 0.25) is 0 Å². The van der Waals surface area contributed by atoms with E-state index >= 15 is 0 Å². The highest BCUT2D eigenvalue weighted by Crippen LogP contribution is 2.34. The van der Waals surface area contributed by atoms with Gasteiger partial charge < -0.3 is 9.73 Å². The van der Waals surface area contributed by atoms with Crippen molar-refractivity contribution in [2.75, 3.05) is 0 Å². The molecule has 1 N–H and O–H groups in total. The predicted octanol–water partition coefficient (Wildman–Crippen LogP) is 4.22. The van der Waals surface area contributed by atoms with Crippen molar-refractivity contribution in [2.45, 2.75) is 19.0 Å². The van der Waals surface area contributed by atoms with E-state index in [0.717, 1.165) is 14.7 Å². The molecule has 1 aliphatic heterocycles. The minimum atomic E-state index is -1.19. The van der Waals surface area contributed by atoms with E-state index in [-0.39, 0.29) is 12.5 Å². The van der Waals surface area contributed by atoms with Gasteiger partial charge in [-0.2, -0.15) is 0 Å². The fourth-order valence-corrected chi connectivity index (χ4v) is 4.05. The second-order valence-corrected chi connectivity index (χ2v) is 8.14. The second kappa shape index (κ2) is 5.46. The molecular formula is C17H13BrN2O3S. The number of thiophene rings is 1. The van der Waals surface area contributed by atoms with Crippen LogP contribution in [0.2, 0.25) is 0 Å². The van der Waals surface area contributed by atoms with Crippen molar-refractivity contribution in [1.29, 1.82) is 0 Å². The summed E-state index contributed by atoms with van der Waals surface area (Å²) in [4.78, 5) is 26.5. The van der Waals surface area contributed by atoms with Gasteiger partial charge >= 0.3 is 6.03 Å². The number of benzene rings is 1. The number of urea groups is 1. The summed E-state index contributed by atoms with van der Waals surface area (Å²) in [6, 6.07) is 10.8. The Morgan fingerprint density at radius 3 is 2.79 bits per heavy atom. The molecule has 1 aromatic carbocycles. The molecule has 0 saturated carbocycles. The first kappa shape index (κ1) is 15.4. The Morgan fingerprint density at radius 1 is 1.29 bits per heavy atom. The Morgan fingerprint density at radius 2 is 2.08 bits per heavy atom. The van der Waals surface area contributed by atoms with Gasteiger partial charge in [0.1, 0.15) is 11.3 Å². The highest BCUT2D eigenvalue weighted by atomic mass is 79.9. The minimum absolute atomic E-state index is 0.239. The number of nitrogens with zero attached hydrogens (tertiary/aromatic N) is 1. The van der Waals surface area contributed by atoms with Crippen LogP contribution in [-0.2, 0) is 16.9 Å². The van der Waals surface area contributed by atoms with E-state index in [1.165, 1.54) is 16.2 Å². The monoisotopic (exact) mass is 404 g/mol. The number of halogens is 1. The van der Waals surface area contributed by atoms with E-state index in [4.69, 9.17) is 4.42 Å². The summed E-state index contributed by atoms with van der Waals surface area (Å²) in [6.45, 7) is 1.91. The van der Waals surface area contributed by atoms with Crippen LogP contribution < -0.4 is 5.32 Å². The minimum Gasteiger partial charge on any atom is -0.458 e. The molecule has 24 heavy (non-hydrogen) atoms. The summed E-state index contributed by atoms with van der Waals surface area (Å²) in [5, 5.41) is 5.59. The maximum absolute atomic E-state index is 12.9. The summed E-state index contributed by atoms with van der Waals surface area (Å²) in [5.41, 5.74) is 0.406. The normalized spacial score (nSPS) is 20.8. The summed E-state index contributed by atoms with van der Waals surface area (Å²) in [5.74, 6) is 0.130. The highest BCUT2D eigenvalue weighted by Gasteiger charge is 2.51. The summed E-state index contributed by atoms with van der Waals surface area (Å²) < 4.78 is 6.77. The van der Waals surface area contributed by atoms with E-state index in [1.54, 1.807) is 13.0 Å². The van der Waals surface area contributed by atoms with Gasteiger partial charge in [-0.05, 0) is 52.0 Å². The molecule has 0 radical (unpaired) electrons. The lowest BCUT2D eigenvalue weighted by Crippen LogP contribution is -2.40. The smallest absolute Gasteiger partial charge is 0.325 e. The molecule has 3 aromatic rings. The van der Waals surface area contributed by atoms with Crippen LogP contribution in [0, 0.1) is 0 Å². The number of carbonyl (C=O) groups excluding carboxylic acids is 2. The van der Waals surface area contributed by atoms with Crippen molar-refractivity contribution in [3.05, 3.63) is 56.9 Å². The van der Waals surface area contributed by atoms with Crippen molar-refractivity contribution < 1.29 is 14.0 Å². The van der Waals surface area contributed by atoms with Crippen molar-refractivity contribution >= 4 is 50.2 Å². The average molecular weight is 405 g/mol. The Bertz CT molecular complexity index is 931. The quantitative estimate of drug-likeness (QED) is 0.664. The Kier molecular flexibility index (Phi) is 3.51. The Balaban J connectivity index is 1.68. The summed E-state index contributed by atoms with van der Waals surface area (Å²) in [7, 11) is 0. The molecule has 1 fully saturated rings. The first-order valence-electron chi connectivity index (χ1n) is 7.33. The zero-order valence-electron chi connectivity index (χ0n) is 12.7. The van der Waals surface area contributed by atoms with Crippen molar-refractivity contribution in [3.63, 3.8) is 0 Å². The fraction of sp³-hybridized carbons (Fsp3) is 0.176. The number of hydrogen-bond donors (Lipinski definition) is 1. The van der Waals surface area contributed by atoms with Crippen molar-refractivity contribution in [2.24, 2.45) is 0 Å². The molecule has 0 unspecified atom stereocenters. The third kappa shape index (κ3) is 2.35. The van der Waals surface area contributed by atoms with Gasteiger partial charge in [0.25, 0.3) is 5.91 Å². The first-order chi connectivity index (χ1) is 11.5. The predicted molar refractivity (Wildman–Crippen MR) is 94.7 cm³/mol. The molecule has 1 atom stereocenters. The zero-order chi connectivity index (χ0) is 16.9. The topological polar surface area (TPSA) is 62.6 Å². The number of nitrogens with one attached hydrogen (secondary N) is 1. The van der Waals surface area contributed by atoms with E-state index in [1.807, 2.05) is 35.7 Å². The molecule has 5 nitrogen and oxygen atoms in total. The van der Waals surface area contributed by atoms with Gasteiger partial charge in [-0.1, -0.05) is 18.2 Å². The van der Waals surface area contributed by atoms with Gasteiger partial charge in [0.05, 0.1) is 10.3 Å². The largest absolute Gasteiger partial charge is 0.458 e. The molecular weight excluding hydrogens is 392 g/mol. The highest BCUT2D eigenvalue weighted by molar-refractivity contribution is 9.11. The molecule has 0 bridgehead atoms.